The number of nitrogens with one attached hydrogen (secondary N) is 1. The molecule has 0 radical (unpaired) electrons. The van der Waals surface area contributed by atoms with Gasteiger partial charge in [0.25, 0.3) is 0 Å². The highest BCUT2D eigenvalue weighted by Crippen LogP contribution is 2.13. The standard InChI is InChI=1S/C9H17N5O/c1-10-7-8-11-12-9(15-8)14-5-3-13(2)4-6-14/h10H,3-7H2,1-2H3. The molecule has 0 atom stereocenters. The number of likely N-dealkylation sites (N-methyl/N-ethyl adjacent to an activating group) is 1. The Morgan fingerprint density at radius 1 is 1.27 bits per heavy atom. The summed E-state index contributed by atoms with van der Waals surface area (Å²) in [6.07, 6.45) is 0. The molecule has 6 nitrogen and oxygen atoms in total. The number of rotatable bonds is 3. The Hall–Kier alpha value is -1.14. The van der Waals surface area contributed by atoms with Crippen molar-refractivity contribution in [2.24, 2.45) is 0 Å². The van der Waals surface area contributed by atoms with E-state index in [-0.39, 0.29) is 0 Å². The van der Waals surface area contributed by atoms with E-state index in [2.05, 4.69) is 32.4 Å². The van der Waals surface area contributed by atoms with Crippen molar-refractivity contribution >= 4 is 6.01 Å². The Balaban J connectivity index is 1.96. The van der Waals surface area contributed by atoms with Crippen LogP contribution in [0.1, 0.15) is 5.89 Å². The van der Waals surface area contributed by atoms with Gasteiger partial charge in [0, 0.05) is 26.2 Å². The number of hydrogen-bond donors (Lipinski definition) is 1. The van der Waals surface area contributed by atoms with E-state index in [0.29, 0.717) is 18.5 Å². The van der Waals surface area contributed by atoms with Crippen molar-refractivity contribution in [3.8, 4) is 0 Å². The summed E-state index contributed by atoms with van der Waals surface area (Å²) in [5.74, 6) is 0.645. The molecule has 6 heteroatoms. The summed E-state index contributed by atoms with van der Waals surface area (Å²) in [4.78, 5) is 4.42. The highest BCUT2D eigenvalue weighted by Gasteiger charge is 2.18. The molecule has 15 heavy (non-hydrogen) atoms. The van der Waals surface area contributed by atoms with E-state index in [9.17, 15) is 0 Å². The third kappa shape index (κ3) is 2.45. The van der Waals surface area contributed by atoms with Gasteiger partial charge in [-0.25, -0.2) is 0 Å². The van der Waals surface area contributed by atoms with Crippen LogP contribution in [0.25, 0.3) is 0 Å². The SMILES string of the molecule is CNCc1nnc(N2CCN(C)CC2)o1. The highest BCUT2D eigenvalue weighted by molar-refractivity contribution is 5.24. The number of piperazine rings is 1. The molecule has 1 aromatic rings. The Bertz CT molecular complexity index is 305. The van der Waals surface area contributed by atoms with E-state index >= 15 is 0 Å². The van der Waals surface area contributed by atoms with Gasteiger partial charge in [-0.1, -0.05) is 5.10 Å². The smallest absolute Gasteiger partial charge is 0.318 e. The molecular formula is C9H17N5O. The molecular weight excluding hydrogens is 194 g/mol. The molecule has 1 aliphatic rings. The molecule has 2 heterocycles. The molecule has 0 spiro atoms. The zero-order valence-electron chi connectivity index (χ0n) is 9.23. The molecule has 1 N–H and O–H groups in total. The summed E-state index contributed by atoms with van der Waals surface area (Å²) in [6.45, 7) is 4.63. The third-order valence-corrected chi connectivity index (χ3v) is 2.56. The molecule has 0 unspecified atom stereocenters. The minimum Gasteiger partial charge on any atom is -0.407 e. The van der Waals surface area contributed by atoms with Crippen LogP contribution in [0, 0.1) is 0 Å². The van der Waals surface area contributed by atoms with Crippen LogP contribution < -0.4 is 10.2 Å². The van der Waals surface area contributed by atoms with Crippen LogP contribution in [-0.4, -0.2) is 55.4 Å². The maximum Gasteiger partial charge on any atom is 0.318 e. The molecule has 1 aliphatic heterocycles. The summed E-state index contributed by atoms with van der Waals surface area (Å²) in [7, 11) is 3.98. The maximum atomic E-state index is 5.52. The second-order valence-corrected chi connectivity index (χ2v) is 3.80. The van der Waals surface area contributed by atoms with Gasteiger partial charge in [-0.15, -0.1) is 5.10 Å². The zero-order valence-corrected chi connectivity index (χ0v) is 9.23. The zero-order chi connectivity index (χ0) is 10.7. The van der Waals surface area contributed by atoms with Gasteiger partial charge < -0.3 is 19.5 Å². The van der Waals surface area contributed by atoms with Gasteiger partial charge in [0.1, 0.15) is 0 Å². The lowest BCUT2D eigenvalue weighted by atomic mass is 10.3. The van der Waals surface area contributed by atoms with Crippen LogP contribution in [0.2, 0.25) is 0 Å². The van der Waals surface area contributed by atoms with E-state index in [4.69, 9.17) is 4.42 Å². The van der Waals surface area contributed by atoms with Crippen molar-refractivity contribution in [1.29, 1.82) is 0 Å². The predicted octanol–water partition coefficient (Wildman–Crippen LogP) is -0.459. The van der Waals surface area contributed by atoms with E-state index in [1.807, 2.05) is 7.05 Å². The maximum absolute atomic E-state index is 5.52. The van der Waals surface area contributed by atoms with E-state index in [1.165, 1.54) is 0 Å². The monoisotopic (exact) mass is 211 g/mol. The molecule has 0 aromatic carbocycles. The second kappa shape index (κ2) is 4.59. The Labute approximate surface area is 89.3 Å². The van der Waals surface area contributed by atoms with Crippen LogP contribution >= 0.6 is 0 Å². The minimum absolute atomic E-state index is 0.626. The van der Waals surface area contributed by atoms with Gasteiger partial charge in [0.05, 0.1) is 6.54 Å². The van der Waals surface area contributed by atoms with E-state index < -0.39 is 0 Å². The normalized spacial score (nSPS) is 18.4. The minimum atomic E-state index is 0.626. The van der Waals surface area contributed by atoms with Crippen molar-refractivity contribution < 1.29 is 4.42 Å². The van der Waals surface area contributed by atoms with Gasteiger partial charge in [-0.2, -0.15) is 0 Å². The summed E-state index contributed by atoms with van der Waals surface area (Å²) >= 11 is 0. The Kier molecular flexibility index (Phi) is 3.17. The molecule has 1 aromatic heterocycles. The van der Waals surface area contributed by atoms with Crippen LogP contribution in [0.3, 0.4) is 0 Å². The van der Waals surface area contributed by atoms with Gasteiger partial charge in [-0.3, -0.25) is 0 Å². The van der Waals surface area contributed by atoms with Gasteiger partial charge in [-0.05, 0) is 14.1 Å². The molecule has 0 aliphatic carbocycles. The van der Waals surface area contributed by atoms with Crippen LogP contribution in [0.4, 0.5) is 6.01 Å². The van der Waals surface area contributed by atoms with Crippen molar-refractivity contribution in [3.63, 3.8) is 0 Å². The molecule has 0 bridgehead atoms. The Morgan fingerprint density at radius 3 is 2.67 bits per heavy atom. The first-order valence-electron chi connectivity index (χ1n) is 5.20. The summed E-state index contributed by atoms with van der Waals surface area (Å²) in [6, 6.07) is 0.647. The van der Waals surface area contributed by atoms with E-state index in [1.54, 1.807) is 0 Å². The van der Waals surface area contributed by atoms with Gasteiger partial charge in [0.15, 0.2) is 0 Å². The first-order valence-corrected chi connectivity index (χ1v) is 5.20. The van der Waals surface area contributed by atoms with Crippen LogP contribution in [-0.2, 0) is 6.54 Å². The fourth-order valence-corrected chi connectivity index (χ4v) is 1.59. The van der Waals surface area contributed by atoms with Crippen molar-refractivity contribution in [2.45, 2.75) is 6.54 Å². The summed E-state index contributed by atoms with van der Waals surface area (Å²) in [5.41, 5.74) is 0. The fraction of sp³-hybridized carbons (Fsp3) is 0.778. The quantitative estimate of drug-likeness (QED) is 0.730. The van der Waals surface area contributed by atoms with Crippen molar-refractivity contribution in [1.82, 2.24) is 20.4 Å². The number of anilines is 1. The lowest BCUT2D eigenvalue weighted by molar-refractivity contribution is 0.303. The fourth-order valence-electron chi connectivity index (χ4n) is 1.59. The molecule has 2 rings (SSSR count). The number of hydrogen-bond acceptors (Lipinski definition) is 6. The van der Waals surface area contributed by atoms with Crippen molar-refractivity contribution in [2.75, 3.05) is 45.2 Å². The lowest BCUT2D eigenvalue weighted by Crippen LogP contribution is -2.44. The second-order valence-electron chi connectivity index (χ2n) is 3.80. The predicted molar refractivity (Wildman–Crippen MR) is 56.8 cm³/mol. The average molecular weight is 211 g/mol. The average Bonchev–Trinajstić information content (AvgIpc) is 2.68. The van der Waals surface area contributed by atoms with Crippen molar-refractivity contribution in [3.05, 3.63) is 5.89 Å². The van der Waals surface area contributed by atoms with Crippen LogP contribution in [0.5, 0.6) is 0 Å². The van der Waals surface area contributed by atoms with Gasteiger partial charge >= 0.3 is 6.01 Å². The largest absolute Gasteiger partial charge is 0.407 e. The molecule has 1 fully saturated rings. The summed E-state index contributed by atoms with van der Waals surface area (Å²) in [5, 5.41) is 11.0. The van der Waals surface area contributed by atoms with Crippen LogP contribution in [0.15, 0.2) is 4.42 Å². The highest BCUT2D eigenvalue weighted by atomic mass is 16.4. The summed E-state index contributed by atoms with van der Waals surface area (Å²) < 4.78 is 5.52. The Morgan fingerprint density at radius 2 is 2.00 bits per heavy atom. The number of aromatic nitrogens is 2. The topological polar surface area (TPSA) is 57.4 Å². The number of nitrogens with zero attached hydrogens (tertiary/aromatic N) is 4. The first kappa shape index (κ1) is 10.4. The first-order chi connectivity index (χ1) is 7.29. The molecule has 1 saturated heterocycles. The lowest BCUT2D eigenvalue weighted by Gasteiger charge is -2.30. The van der Waals surface area contributed by atoms with Gasteiger partial charge in [0.2, 0.25) is 5.89 Å². The third-order valence-electron chi connectivity index (χ3n) is 2.56. The molecule has 0 saturated carbocycles. The van der Waals surface area contributed by atoms with E-state index in [0.717, 1.165) is 26.2 Å². The molecule has 0 amide bonds. The molecule has 84 valence electrons.